The smallest absolute Gasteiger partial charge is 0.335 e. The summed E-state index contributed by atoms with van der Waals surface area (Å²) in [5, 5.41) is 18.5. The molecule has 0 unspecified atom stereocenters. The number of aromatic hydroxyl groups is 1. The molecule has 0 amide bonds. The summed E-state index contributed by atoms with van der Waals surface area (Å²) in [6.45, 7) is 2.34. The summed E-state index contributed by atoms with van der Waals surface area (Å²) in [6.07, 6.45) is 3.74. The number of phenolic OH excluding ortho intramolecular Hbond substituents is 1. The van der Waals surface area contributed by atoms with E-state index in [0.717, 1.165) is 11.1 Å². The molecule has 4 nitrogen and oxygen atoms in total. The molecule has 0 radical (unpaired) electrons. The van der Waals surface area contributed by atoms with Gasteiger partial charge in [0.15, 0.2) is 11.5 Å². The number of hydrogen-bond donors (Lipinski definition) is 2. The Balaban J connectivity index is 2.17. The van der Waals surface area contributed by atoms with E-state index in [1.54, 1.807) is 42.5 Å². The lowest BCUT2D eigenvalue weighted by atomic mass is 10.1. The Bertz CT molecular complexity index is 657. The van der Waals surface area contributed by atoms with Gasteiger partial charge in [0.05, 0.1) is 12.2 Å². The number of aromatic carboxylic acids is 1. The number of carbonyl (C=O) groups is 1. The molecule has 108 valence electrons. The maximum absolute atomic E-state index is 10.8. The van der Waals surface area contributed by atoms with Crippen LogP contribution in [0.5, 0.6) is 11.5 Å². The summed E-state index contributed by atoms with van der Waals surface area (Å²) >= 11 is 0. The Morgan fingerprint density at radius 3 is 2.33 bits per heavy atom. The lowest BCUT2D eigenvalue weighted by Gasteiger charge is -2.06. The van der Waals surface area contributed by atoms with Gasteiger partial charge in [-0.25, -0.2) is 4.79 Å². The van der Waals surface area contributed by atoms with Crippen LogP contribution in [0.25, 0.3) is 12.2 Å². The highest BCUT2D eigenvalue weighted by molar-refractivity contribution is 5.88. The minimum Gasteiger partial charge on any atom is -0.504 e. The zero-order chi connectivity index (χ0) is 15.2. The number of rotatable bonds is 5. The molecule has 0 saturated carbocycles. The largest absolute Gasteiger partial charge is 0.504 e. The van der Waals surface area contributed by atoms with Gasteiger partial charge in [0.1, 0.15) is 0 Å². The predicted octanol–water partition coefficient (Wildman–Crippen LogP) is 3.66. The first-order valence-corrected chi connectivity index (χ1v) is 6.57. The third kappa shape index (κ3) is 3.86. The van der Waals surface area contributed by atoms with Crippen molar-refractivity contribution in [3.05, 3.63) is 59.2 Å². The summed E-state index contributed by atoms with van der Waals surface area (Å²) in [6, 6.07) is 11.7. The van der Waals surface area contributed by atoms with Crippen molar-refractivity contribution in [3.63, 3.8) is 0 Å². The average Bonchev–Trinajstić information content (AvgIpc) is 2.48. The standard InChI is InChI=1S/C17H16O4/c1-2-21-16-11-13(7-10-15(16)18)4-3-12-5-8-14(9-6-12)17(19)20/h3-11,18H,2H2,1H3,(H,19,20). The third-order valence-corrected chi connectivity index (χ3v) is 2.91. The van der Waals surface area contributed by atoms with E-state index in [1.165, 1.54) is 0 Å². The van der Waals surface area contributed by atoms with E-state index < -0.39 is 5.97 Å². The van der Waals surface area contributed by atoms with E-state index in [9.17, 15) is 9.90 Å². The van der Waals surface area contributed by atoms with Crippen LogP contribution in [0, 0.1) is 0 Å². The molecular formula is C17H16O4. The number of phenols is 1. The maximum atomic E-state index is 10.8. The summed E-state index contributed by atoms with van der Waals surface area (Å²) < 4.78 is 5.32. The second kappa shape index (κ2) is 6.61. The fraction of sp³-hybridized carbons (Fsp3) is 0.118. The Kier molecular flexibility index (Phi) is 4.61. The molecule has 2 rings (SSSR count). The zero-order valence-electron chi connectivity index (χ0n) is 11.6. The van der Waals surface area contributed by atoms with Gasteiger partial charge in [-0.1, -0.05) is 30.4 Å². The Morgan fingerprint density at radius 1 is 1.10 bits per heavy atom. The van der Waals surface area contributed by atoms with Gasteiger partial charge >= 0.3 is 5.97 Å². The van der Waals surface area contributed by atoms with Crippen LogP contribution in [0.1, 0.15) is 28.4 Å². The molecule has 0 fully saturated rings. The topological polar surface area (TPSA) is 66.8 Å². The lowest BCUT2D eigenvalue weighted by molar-refractivity contribution is 0.0697. The Hall–Kier alpha value is -2.75. The van der Waals surface area contributed by atoms with Crippen LogP contribution < -0.4 is 4.74 Å². The lowest BCUT2D eigenvalue weighted by Crippen LogP contribution is -1.94. The number of hydrogen-bond acceptors (Lipinski definition) is 3. The Morgan fingerprint density at radius 2 is 1.71 bits per heavy atom. The average molecular weight is 284 g/mol. The number of carboxylic acid groups (broad SMARTS) is 1. The van der Waals surface area contributed by atoms with Crippen molar-refractivity contribution in [3.8, 4) is 11.5 Å². The van der Waals surface area contributed by atoms with E-state index in [1.807, 2.05) is 19.1 Å². The first-order chi connectivity index (χ1) is 10.1. The van der Waals surface area contributed by atoms with Crippen molar-refractivity contribution in [2.24, 2.45) is 0 Å². The molecule has 0 aromatic heterocycles. The van der Waals surface area contributed by atoms with Crippen LogP contribution in [0.15, 0.2) is 42.5 Å². The molecule has 0 atom stereocenters. The zero-order valence-corrected chi connectivity index (χ0v) is 11.6. The van der Waals surface area contributed by atoms with Gasteiger partial charge in [0, 0.05) is 0 Å². The van der Waals surface area contributed by atoms with Crippen molar-refractivity contribution in [1.82, 2.24) is 0 Å². The molecule has 0 aliphatic carbocycles. The van der Waals surface area contributed by atoms with Gasteiger partial charge in [0.25, 0.3) is 0 Å². The number of benzene rings is 2. The van der Waals surface area contributed by atoms with Crippen LogP contribution >= 0.6 is 0 Å². The molecule has 2 aromatic rings. The third-order valence-electron chi connectivity index (χ3n) is 2.91. The summed E-state index contributed by atoms with van der Waals surface area (Å²) in [7, 11) is 0. The molecule has 4 heteroatoms. The van der Waals surface area contributed by atoms with Gasteiger partial charge in [-0.2, -0.15) is 0 Å². The molecule has 0 spiro atoms. The van der Waals surface area contributed by atoms with Crippen molar-refractivity contribution in [1.29, 1.82) is 0 Å². The highest BCUT2D eigenvalue weighted by atomic mass is 16.5. The van der Waals surface area contributed by atoms with E-state index in [4.69, 9.17) is 9.84 Å². The quantitative estimate of drug-likeness (QED) is 0.822. The fourth-order valence-corrected chi connectivity index (χ4v) is 1.83. The first-order valence-electron chi connectivity index (χ1n) is 6.57. The summed E-state index contributed by atoms with van der Waals surface area (Å²) in [5.74, 6) is -0.383. The maximum Gasteiger partial charge on any atom is 0.335 e. The first kappa shape index (κ1) is 14.7. The molecular weight excluding hydrogens is 268 g/mol. The minimum atomic E-state index is -0.939. The molecule has 0 aliphatic rings. The monoisotopic (exact) mass is 284 g/mol. The van der Waals surface area contributed by atoms with Crippen molar-refractivity contribution >= 4 is 18.1 Å². The van der Waals surface area contributed by atoms with Crippen molar-refractivity contribution in [2.75, 3.05) is 6.61 Å². The van der Waals surface area contributed by atoms with E-state index >= 15 is 0 Å². The Labute approximate surface area is 122 Å². The molecule has 0 heterocycles. The van der Waals surface area contributed by atoms with Crippen molar-refractivity contribution < 1.29 is 19.7 Å². The predicted molar refractivity (Wildman–Crippen MR) is 81.6 cm³/mol. The molecule has 0 bridgehead atoms. The fourth-order valence-electron chi connectivity index (χ4n) is 1.83. The van der Waals surface area contributed by atoms with Crippen LogP contribution in [-0.4, -0.2) is 22.8 Å². The highest BCUT2D eigenvalue weighted by Gasteiger charge is 2.02. The molecule has 0 saturated heterocycles. The second-order valence-corrected chi connectivity index (χ2v) is 4.42. The summed E-state index contributed by atoms with van der Waals surface area (Å²) in [4.78, 5) is 10.8. The highest BCUT2D eigenvalue weighted by Crippen LogP contribution is 2.27. The summed E-state index contributed by atoms with van der Waals surface area (Å²) in [5.41, 5.74) is 2.04. The SMILES string of the molecule is CCOc1cc(C=Cc2ccc(C(=O)O)cc2)ccc1O. The van der Waals surface area contributed by atoms with Gasteiger partial charge in [0.2, 0.25) is 0 Å². The molecule has 0 aliphatic heterocycles. The van der Waals surface area contributed by atoms with Gasteiger partial charge in [-0.15, -0.1) is 0 Å². The van der Waals surface area contributed by atoms with Gasteiger partial charge in [-0.3, -0.25) is 0 Å². The van der Waals surface area contributed by atoms with Crippen LogP contribution in [-0.2, 0) is 0 Å². The second-order valence-electron chi connectivity index (χ2n) is 4.42. The van der Waals surface area contributed by atoms with E-state index in [0.29, 0.717) is 12.4 Å². The van der Waals surface area contributed by atoms with E-state index in [2.05, 4.69) is 0 Å². The van der Waals surface area contributed by atoms with Crippen LogP contribution in [0.4, 0.5) is 0 Å². The van der Waals surface area contributed by atoms with Crippen LogP contribution in [0.2, 0.25) is 0 Å². The number of ether oxygens (including phenoxy) is 1. The van der Waals surface area contributed by atoms with Crippen molar-refractivity contribution in [2.45, 2.75) is 6.92 Å². The number of carboxylic acids is 1. The minimum absolute atomic E-state index is 0.111. The van der Waals surface area contributed by atoms with E-state index in [-0.39, 0.29) is 11.3 Å². The molecule has 21 heavy (non-hydrogen) atoms. The molecule has 2 aromatic carbocycles. The van der Waals surface area contributed by atoms with Gasteiger partial charge < -0.3 is 14.9 Å². The normalized spacial score (nSPS) is 10.7. The van der Waals surface area contributed by atoms with Gasteiger partial charge in [-0.05, 0) is 42.3 Å². The molecule has 2 N–H and O–H groups in total. The van der Waals surface area contributed by atoms with Crippen LogP contribution in [0.3, 0.4) is 0 Å².